The van der Waals surface area contributed by atoms with E-state index < -0.39 is 0 Å². The average Bonchev–Trinajstić information content (AvgIpc) is 2.64. The first-order chi connectivity index (χ1) is 8.71. The molecule has 0 aliphatic rings. The maximum absolute atomic E-state index is 5.87. The zero-order valence-electron chi connectivity index (χ0n) is 12.9. The van der Waals surface area contributed by atoms with E-state index in [0.29, 0.717) is 12.0 Å². The molecule has 2 rings (SSSR count). The Balaban J connectivity index is 2.72. The van der Waals surface area contributed by atoms with Crippen molar-refractivity contribution in [3.05, 3.63) is 24.0 Å². The molecular formula is C16H25N3. The van der Waals surface area contributed by atoms with Gasteiger partial charge in [0.05, 0.1) is 11.0 Å². The first kappa shape index (κ1) is 13.9. The molecule has 3 nitrogen and oxygen atoms in total. The Morgan fingerprint density at radius 3 is 2.32 bits per heavy atom. The van der Waals surface area contributed by atoms with E-state index in [1.54, 1.807) is 0 Å². The van der Waals surface area contributed by atoms with Crippen LogP contribution in [-0.4, -0.2) is 9.55 Å². The molecule has 1 atom stereocenters. The molecule has 0 fully saturated rings. The van der Waals surface area contributed by atoms with Gasteiger partial charge in [0.1, 0.15) is 5.82 Å². The number of benzene rings is 1. The quantitative estimate of drug-likeness (QED) is 0.815. The number of anilines is 1. The Kier molecular flexibility index (Phi) is 3.33. The second-order valence-corrected chi connectivity index (χ2v) is 6.78. The molecule has 2 aromatic rings. The highest BCUT2D eigenvalue weighted by Gasteiger charge is 2.26. The van der Waals surface area contributed by atoms with Gasteiger partial charge in [-0.05, 0) is 30.5 Å². The molecule has 0 aliphatic heterocycles. The second-order valence-electron chi connectivity index (χ2n) is 6.78. The zero-order chi connectivity index (χ0) is 14.4. The molecule has 0 aliphatic carbocycles. The molecule has 0 bridgehead atoms. The van der Waals surface area contributed by atoms with Crippen molar-refractivity contribution in [1.29, 1.82) is 0 Å². The maximum Gasteiger partial charge on any atom is 0.112 e. The van der Waals surface area contributed by atoms with Crippen LogP contribution >= 0.6 is 0 Å². The van der Waals surface area contributed by atoms with E-state index in [0.717, 1.165) is 17.0 Å². The van der Waals surface area contributed by atoms with Crippen molar-refractivity contribution in [2.45, 2.75) is 53.5 Å². The van der Waals surface area contributed by atoms with Gasteiger partial charge in [-0.2, -0.15) is 0 Å². The molecule has 0 radical (unpaired) electrons. The monoisotopic (exact) mass is 259 g/mol. The minimum absolute atomic E-state index is 0.193. The molecule has 104 valence electrons. The molecule has 2 N–H and O–H groups in total. The standard InChI is InChI=1S/C16H25N3/c1-10(2)15-18-13-9-12(17)7-8-14(13)19(15)11(3)16(4,5)6/h7-11H,17H2,1-6H3. The summed E-state index contributed by atoms with van der Waals surface area (Å²) in [6.45, 7) is 13.5. The topological polar surface area (TPSA) is 43.8 Å². The number of nitrogen functional groups attached to an aromatic ring is 1. The first-order valence-corrected chi connectivity index (χ1v) is 6.99. The zero-order valence-corrected chi connectivity index (χ0v) is 12.9. The van der Waals surface area contributed by atoms with Crippen LogP contribution in [0.2, 0.25) is 0 Å². The van der Waals surface area contributed by atoms with Gasteiger partial charge in [-0.25, -0.2) is 4.98 Å². The molecule has 0 saturated heterocycles. The van der Waals surface area contributed by atoms with Crippen LogP contribution in [-0.2, 0) is 0 Å². The lowest BCUT2D eigenvalue weighted by molar-refractivity contribution is 0.261. The van der Waals surface area contributed by atoms with Crippen LogP contribution < -0.4 is 5.73 Å². The fourth-order valence-corrected chi connectivity index (χ4v) is 2.34. The number of nitrogens with two attached hydrogens (primary N) is 1. The number of hydrogen-bond donors (Lipinski definition) is 1. The first-order valence-electron chi connectivity index (χ1n) is 6.99. The summed E-state index contributed by atoms with van der Waals surface area (Å²) in [4.78, 5) is 4.79. The summed E-state index contributed by atoms with van der Waals surface area (Å²) in [6.07, 6.45) is 0. The summed E-state index contributed by atoms with van der Waals surface area (Å²) >= 11 is 0. The van der Waals surface area contributed by atoms with E-state index in [9.17, 15) is 0 Å². The van der Waals surface area contributed by atoms with Crippen LogP contribution in [0.5, 0.6) is 0 Å². The predicted octanol–water partition coefficient (Wildman–Crippen LogP) is 4.35. The average molecular weight is 259 g/mol. The van der Waals surface area contributed by atoms with Gasteiger partial charge in [0.15, 0.2) is 0 Å². The fraction of sp³-hybridized carbons (Fsp3) is 0.562. The Morgan fingerprint density at radius 1 is 1.16 bits per heavy atom. The molecule has 0 spiro atoms. The highest BCUT2D eigenvalue weighted by atomic mass is 15.1. The van der Waals surface area contributed by atoms with Gasteiger partial charge in [-0.15, -0.1) is 0 Å². The van der Waals surface area contributed by atoms with Crippen molar-refractivity contribution >= 4 is 16.7 Å². The largest absolute Gasteiger partial charge is 0.399 e. The van der Waals surface area contributed by atoms with Crippen molar-refractivity contribution in [1.82, 2.24) is 9.55 Å². The second kappa shape index (κ2) is 4.55. The SMILES string of the molecule is CC(C)c1nc2cc(N)ccc2n1C(C)C(C)(C)C. The van der Waals surface area contributed by atoms with E-state index in [2.05, 4.69) is 52.2 Å². The van der Waals surface area contributed by atoms with E-state index in [1.165, 1.54) is 5.52 Å². The third kappa shape index (κ3) is 2.46. The summed E-state index contributed by atoms with van der Waals surface area (Å²) in [5, 5.41) is 0. The molecule has 3 heteroatoms. The van der Waals surface area contributed by atoms with Crippen LogP contribution in [0.4, 0.5) is 5.69 Å². The normalized spacial score (nSPS) is 14.3. The lowest BCUT2D eigenvalue weighted by Crippen LogP contribution is -2.23. The number of hydrogen-bond acceptors (Lipinski definition) is 2. The number of imidazole rings is 1. The van der Waals surface area contributed by atoms with E-state index >= 15 is 0 Å². The molecular weight excluding hydrogens is 234 g/mol. The lowest BCUT2D eigenvalue weighted by Gasteiger charge is -2.31. The van der Waals surface area contributed by atoms with Crippen molar-refractivity contribution in [2.75, 3.05) is 5.73 Å². The number of fused-ring (bicyclic) bond motifs is 1. The summed E-state index contributed by atoms with van der Waals surface area (Å²) in [5.41, 5.74) is 9.02. The van der Waals surface area contributed by atoms with Gasteiger partial charge in [-0.1, -0.05) is 34.6 Å². The minimum Gasteiger partial charge on any atom is -0.399 e. The molecule has 1 heterocycles. The van der Waals surface area contributed by atoms with Crippen molar-refractivity contribution in [3.63, 3.8) is 0 Å². The molecule has 0 amide bonds. The predicted molar refractivity (Wildman–Crippen MR) is 82.4 cm³/mol. The van der Waals surface area contributed by atoms with Crippen LogP contribution in [0.3, 0.4) is 0 Å². The highest BCUT2D eigenvalue weighted by Crippen LogP contribution is 2.36. The van der Waals surface area contributed by atoms with Crippen LogP contribution in [0.1, 0.15) is 59.3 Å². The van der Waals surface area contributed by atoms with Crippen LogP contribution in [0.15, 0.2) is 18.2 Å². The van der Waals surface area contributed by atoms with E-state index in [1.807, 2.05) is 12.1 Å². The van der Waals surface area contributed by atoms with E-state index in [4.69, 9.17) is 10.7 Å². The van der Waals surface area contributed by atoms with Crippen LogP contribution in [0.25, 0.3) is 11.0 Å². The molecule has 0 saturated carbocycles. The van der Waals surface area contributed by atoms with Gasteiger partial charge < -0.3 is 10.3 Å². The third-order valence-electron chi connectivity index (χ3n) is 3.90. The van der Waals surface area contributed by atoms with Gasteiger partial charge in [0, 0.05) is 17.6 Å². The Morgan fingerprint density at radius 2 is 1.79 bits per heavy atom. The summed E-state index contributed by atoms with van der Waals surface area (Å²) < 4.78 is 2.37. The summed E-state index contributed by atoms with van der Waals surface area (Å²) in [5.74, 6) is 1.54. The minimum atomic E-state index is 0.193. The van der Waals surface area contributed by atoms with Crippen LogP contribution in [0, 0.1) is 5.41 Å². The van der Waals surface area contributed by atoms with Crippen molar-refractivity contribution in [2.24, 2.45) is 5.41 Å². The number of rotatable bonds is 2. The van der Waals surface area contributed by atoms with Crippen molar-refractivity contribution < 1.29 is 0 Å². The smallest absolute Gasteiger partial charge is 0.112 e. The Labute approximate surface area is 115 Å². The summed E-state index contributed by atoms with van der Waals surface area (Å²) in [7, 11) is 0. The maximum atomic E-state index is 5.87. The van der Waals surface area contributed by atoms with Gasteiger partial charge >= 0.3 is 0 Å². The van der Waals surface area contributed by atoms with Gasteiger partial charge in [0.25, 0.3) is 0 Å². The molecule has 1 unspecified atom stereocenters. The number of aromatic nitrogens is 2. The van der Waals surface area contributed by atoms with Gasteiger partial charge in [0.2, 0.25) is 0 Å². The Bertz CT molecular complexity index is 588. The molecule has 19 heavy (non-hydrogen) atoms. The Hall–Kier alpha value is -1.51. The number of nitrogens with zero attached hydrogens (tertiary/aromatic N) is 2. The molecule has 1 aromatic heterocycles. The third-order valence-corrected chi connectivity index (χ3v) is 3.90. The molecule has 1 aromatic carbocycles. The lowest BCUT2D eigenvalue weighted by atomic mass is 9.87. The van der Waals surface area contributed by atoms with E-state index in [-0.39, 0.29) is 5.41 Å². The summed E-state index contributed by atoms with van der Waals surface area (Å²) in [6, 6.07) is 6.40. The fourth-order valence-electron chi connectivity index (χ4n) is 2.34. The van der Waals surface area contributed by atoms with Gasteiger partial charge in [-0.3, -0.25) is 0 Å². The highest BCUT2D eigenvalue weighted by molar-refractivity contribution is 5.80. The van der Waals surface area contributed by atoms with Crippen molar-refractivity contribution in [3.8, 4) is 0 Å².